The van der Waals surface area contributed by atoms with Crippen LogP contribution in [0, 0.1) is 0 Å². The Morgan fingerprint density at radius 3 is 1.50 bits per heavy atom. The van der Waals surface area contributed by atoms with Crippen LogP contribution in [-0.4, -0.2) is 14.5 Å². The second-order valence-corrected chi connectivity index (χ2v) is 6.59. The molecule has 0 spiro atoms. The Morgan fingerprint density at radius 1 is 0.944 bits per heavy atom. The van der Waals surface area contributed by atoms with Crippen LogP contribution in [0.5, 0.6) is 0 Å². The van der Waals surface area contributed by atoms with E-state index in [4.69, 9.17) is 18.0 Å². The first kappa shape index (κ1) is 16.4. The van der Waals surface area contributed by atoms with Gasteiger partial charge in [-0.3, -0.25) is 0 Å². The second kappa shape index (κ2) is 6.96. The molecule has 0 aromatic carbocycles. The first-order valence-electron chi connectivity index (χ1n) is 5.53. The summed E-state index contributed by atoms with van der Waals surface area (Å²) in [5.74, 6) is 1.43. The van der Waals surface area contributed by atoms with Crippen molar-refractivity contribution in [3.63, 3.8) is 0 Å². The van der Waals surface area contributed by atoms with Gasteiger partial charge in [-0.15, -0.1) is 0 Å². The van der Waals surface area contributed by atoms with Gasteiger partial charge >= 0.3 is 8.80 Å². The van der Waals surface area contributed by atoms with Gasteiger partial charge in [0.2, 0.25) is 0 Å². The first-order valence-corrected chi connectivity index (χ1v) is 7.33. The third-order valence-electron chi connectivity index (χ3n) is 1.75. The molecule has 0 N–H and O–H groups in total. The van der Waals surface area contributed by atoms with Gasteiger partial charge in [0.1, 0.15) is 0 Å². The molecular formula is C13H22O4Si. The standard InChI is InChI=1S/C13H22O4Si/c1-9-14-13(8)18(15-10(2)3,16-11(4)5)17-12(6)7/h9,13H,1-2,4,6H2,3,5,7-8H3. The van der Waals surface area contributed by atoms with Gasteiger partial charge in [-0.2, -0.15) is 0 Å². The van der Waals surface area contributed by atoms with Gasteiger partial charge in [-0.1, -0.05) is 26.3 Å². The molecule has 0 aliphatic carbocycles. The summed E-state index contributed by atoms with van der Waals surface area (Å²) in [7, 11) is -3.20. The van der Waals surface area contributed by atoms with Crippen molar-refractivity contribution in [1.82, 2.24) is 0 Å². The normalized spacial score (nSPS) is 12.0. The number of hydrogen-bond acceptors (Lipinski definition) is 4. The third kappa shape index (κ3) is 5.14. The molecule has 0 aromatic rings. The zero-order valence-corrected chi connectivity index (χ0v) is 12.6. The van der Waals surface area contributed by atoms with E-state index >= 15 is 0 Å². The van der Waals surface area contributed by atoms with Crippen molar-refractivity contribution >= 4 is 8.80 Å². The van der Waals surface area contributed by atoms with Crippen LogP contribution >= 0.6 is 0 Å². The van der Waals surface area contributed by atoms with Crippen molar-refractivity contribution < 1.29 is 18.0 Å². The van der Waals surface area contributed by atoms with Gasteiger partial charge in [0.15, 0.2) is 5.73 Å². The van der Waals surface area contributed by atoms with Crippen molar-refractivity contribution in [2.75, 3.05) is 0 Å². The molecule has 0 bridgehead atoms. The van der Waals surface area contributed by atoms with Gasteiger partial charge in [0, 0.05) is 0 Å². The van der Waals surface area contributed by atoms with E-state index in [0.29, 0.717) is 17.3 Å². The molecule has 0 saturated heterocycles. The average Bonchev–Trinajstić information content (AvgIpc) is 2.14. The molecule has 1 unspecified atom stereocenters. The zero-order valence-electron chi connectivity index (χ0n) is 11.6. The zero-order chi connectivity index (χ0) is 14.3. The molecule has 18 heavy (non-hydrogen) atoms. The van der Waals surface area contributed by atoms with Crippen LogP contribution in [-0.2, 0) is 18.0 Å². The minimum atomic E-state index is -3.20. The third-order valence-corrected chi connectivity index (χ3v) is 4.78. The lowest BCUT2D eigenvalue weighted by molar-refractivity contribution is 0.0722. The van der Waals surface area contributed by atoms with E-state index in [-0.39, 0.29) is 0 Å². The van der Waals surface area contributed by atoms with Gasteiger partial charge in [-0.05, 0) is 27.7 Å². The molecule has 0 fully saturated rings. The van der Waals surface area contributed by atoms with Crippen LogP contribution in [0.3, 0.4) is 0 Å². The highest BCUT2D eigenvalue weighted by Crippen LogP contribution is 2.25. The maximum atomic E-state index is 5.68. The quantitative estimate of drug-likeness (QED) is 0.473. The molecule has 0 rings (SSSR count). The highest BCUT2D eigenvalue weighted by atomic mass is 28.4. The smallest absolute Gasteiger partial charge is 0.491 e. The van der Waals surface area contributed by atoms with Gasteiger partial charge < -0.3 is 18.0 Å². The van der Waals surface area contributed by atoms with Crippen LogP contribution in [0.25, 0.3) is 0 Å². The highest BCUT2D eigenvalue weighted by Gasteiger charge is 2.57. The van der Waals surface area contributed by atoms with Crippen LogP contribution < -0.4 is 0 Å². The molecule has 5 heteroatoms. The molecule has 102 valence electrons. The van der Waals surface area contributed by atoms with E-state index in [2.05, 4.69) is 26.3 Å². The fraction of sp³-hybridized carbons (Fsp3) is 0.385. The molecule has 0 aliphatic rings. The number of rotatable bonds is 9. The van der Waals surface area contributed by atoms with E-state index in [1.54, 1.807) is 27.7 Å². The molecule has 0 saturated carbocycles. The Bertz CT molecular complexity index is 308. The molecule has 0 heterocycles. The molecule has 4 nitrogen and oxygen atoms in total. The van der Waals surface area contributed by atoms with Crippen LogP contribution in [0.4, 0.5) is 0 Å². The lowest BCUT2D eigenvalue weighted by Gasteiger charge is -2.33. The van der Waals surface area contributed by atoms with Crippen LogP contribution in [0.15, 0.2) is 49.9 Å². The Kier molecular flexibility index (Phi) is 6.33. The summed E-state index contributed by atoms with van der Waals surface area (Å²) in [6, 6.07) is 0. The van der Waals surface area contributed by atoms with Crippen molar-refractivity contribution in [1.29, 1.82) is 0 Å². The largest absolute Gasteiger partial charge is 0.741 e. The van der Waals surface area contributed by atoms with Gasteiger partial charge in [0.25, 0.3) is 0 Å². The summed E-state index contributed by atoms with van der Waals surface area (Å²) in [5, 5.41) is 0. The monoisotopic (exact) mass is 270 g/mol. The van der Waals surface area contributed by atoms with E-state index in [1.807, 2.05) is 0 Å². The lowest BCUT2D eigenvalue weighted by Crippen LogP contribution is -2.54. The summed E-state index contributed by atoms with van der Waals surface area (Å²) in [6.07, 6.45) is 1.32. The summed E-state index contributed by atoms with van der Waals surface area (Å²) >= 11 is 0. The fourth-order valence-electron chi connectivity index (χ4n) is 1.27. The van der Waals surface area contributed by atoms with Crippen molar-refractivity contribution in [2.24, 2.45) is 0 Å². The SMILES string of the molecule is C=COC(C)[Si](OC(=C)C)(OC(=C)C)OC(=C)C. The molecular weight excluding hydrogens is 248 g/mol. The minimum absolute atomic E-state index is 0.458. The molecule has 0 radical (unpaired) electrons. The Morgan fingerprint density at radius 2 is 1.28 bits per heavy atom. The lowest BCUT2D eigenvalue weighted by atomic mass is 10.7. The van der Waals surface area contributed by atoms with E-state index in [9.17, 15) is 0 Å². The summed E-state index contributed by atoms with van der Waals surface area (Å²) in [5.41, 5.74) is -0.458. The van der Waals surface area contributed by atoms with Crippen LogP contribution in [0.1, 0.15) is 27.7 Å². The molecule has 0 amide bonds. The predicted molar refractivity (Wildman–Crippen MR) is 74.2 cm³/mol. The summed E-state index contributed by atoms with van der Waals surface area (Å²) in [4.78, 5) is 0. The number of hydrogen-bond donors (Lipinski definition) is 0. The Balaban J connectivity index is 5.34. The van der Waals surface area contributed by atoms with Gasteiger partial charge in [-0.25, -0.2) is 0 Å². The van der Waals surface area contributed by atoms with E-state index in [0.717, 1.165) is 0 Å². The topological polar surface area (TPSA) is 36.9 Å². The number of ether oxygens (including phenoxy) is 1. The summed E-state index contributed by atoms with van der Waals surface area (Å²) < 4.78 is 22.4. The maximum absolute atomic E-state index is 5.68. The minimum Gasteiger partial charge on any atom is -0.491 e. The fourth-order valence-corrected chi connectivity index (χ4v) is 3.61. The first-order chi connectivity index (χ1) is 8.23. The summed E-state index contributed by atoms with van der Waals surface area (Å²) in [6.45, 7) is 21.6. The van der Waals surface area contributed by atoms with E-state index < -0.39 is 14.5 Å². The Hall–Kier alpha value is -1.62. The maximum Gasteiger partial charge on any atom is 0.741 e. The average molecular weight is 270 g/mol. The highest BCUT2D eigenvalue weighted by molar-refractivity contribution is 6.63. The molecule has 1 atom stereocenters. The van der Waals surface area contributed by atoms with Crippen molar-refractivity contribution in [3.8, 4) is 0 Å². The van der Waals surface area contributed by atoms with Crippen molar-refractivity contribution in [3.05, 3.63) is 49.9 Å². The van der Waals surface area contributed by atoms with Crippen LogP contribution in [0.2, 0.25) is 0 Å². The molecule has 0 aromatic heterocycles. The number of allylic oxidation sites excluding steroid dienone is 3. The Labute approximate surface area is 111 Å². The van der Waals surface area contributed by atoms with E-state index in [1.165, 1.54) is 6.26 Å². The van der Waals surface area contributed by atoms with Gasteiger partial charge in [0.05, 0.1) is 23.5 Å². The second-order valence-electron chi connectivity index (χ2n) is 3.96. The predicted octanol–water partition coefficient (Wildman–Crippen LogP) is 3.66. The molecule has 0 aliphatic heterocycles. The van der Waals surface area contributed by atoms with Crippen molar-refractivity contribution in [2.45, 2.75) is 33.4 Å².